The maximum atomic E-state index is 12.2. The van der Waals surface area contributed by atoms with Gasteiger partial charge in [0, 0.05) is 29.2 Å². The van der Waals surface area contributed by atoms with E-state index >= 15 is 0 Å². The van der Waals surface area contributed by atoms with E-state index in [9.17, 15) is 19.5 Å². The van der Waals surface area contributed by atoms with Gasteiger partial charge < -0.3 is 19.7 Å². The van der Waals surface area contributed by atoms with Gasteiger partial charge >= 0.3 is 12.1 Å². The van der Waals surface area contributed by atoms with E-state index in [0.29, 0.717) is 10.6 Å². The average Bonchev–Trinajstić information content (AvgIpc) is 2.64. The topological polar surface area (TPSA) is 97.6 Å². The number of hydrogen-bond acceptors (Lipinski definition) is 4. The van der Waals surface area contributed by atoms with E-state index < -0.39 is 29.6 Å². The van der Waals surface area contributed by atoms with Crippen molar-refractivity contribution in [2.45, 2.75) is 65.1 Å². The Bertz CT molecular complexity index is 1020. The zero-order chi connectivity index (χ0) is 23.5. The number of pyridine rings is 1. The fraction of sp³-hybridized carbons (Fsp3) is 0.435. The number of carboxylic acids is 1. The Morgan fingerprint density at radius 1 is 1.10 bits per heavy atom. The smallest absolute Gasteiger partial charge is 0.408 e. The monoisotopic (exact) mass is 448 g/mol. The van der Waals surface area contributed by atoms with E-state index in [1.54, 1.807) is 62.7 Å². The molecule has 2 N–H and O–H groups in total. The normalized spacial score (nSPS) is 13.5. The van der Waals surface area contributed by atoms with E-state index in [2.05, 4.69) is 5.32 Å². The highest BCUT2D eigenvalue weighted by Gasteiger charge is 2.31. The molecule has 1 heterocycles. The molecule has 0 bridgehead atoms. The van der Waals surface area contributed by atoms with Crippen LogP contribution in [-0.4, -0.2) is 33.4 Å². The van der Waals surface area contributed by atoms with Gasteiger partial charge in [-0.15, -0.1) is 0 Å². The van der Waals surface area contributed by atoms with Gasteiger partial charge in [-0.2, -0.15) is 0 Å². The van der Waals surface area contributed by atoms with Crippen molar-refractivity contribution in [3.8, 4) is 11.1 Å². The number of aromatic nitrogens is 1. The Balaban J connectivity index is 2.41. The summed E-state index contributed by atoms with van der Waals surface area (Å²) in [4.78, 5) is 36.1. The molecule has 1 aromatic carbocycles. The van der Waals surface area contributed by atoms with Crippen LogP contribution in [0.15, 0.2) is 41.3 Å². The van der Waals surface area contributed by atoms with Gasteiger partial charge in [0.15, 0.2) is 0 Å². The third kappa shape index (κ3) is 6.34. The lowest BCUT2D eigenvalue weighted by atomic mass is 9.91. The van der Waals surface area contributed by atoms with E-state index in [1.165, 1.54) is 6.07 Å². The molecule has 1 amide bonds. The minimum Gasteiger partial charge on any atom is -0.480 e. The first-order chi connectivity index (χ1) is 14.3. The molecule has 0 radical (unpaired) electrons. The molecule has 0 aliphatic carbocycles. The summed E-state index contributed by atoms with van der Waals surface area (Å²) in [6, 6.07) is 7.23. The highest BCUT2D eigenvalue weighted by Crippen LogP contribution is 2.32. The Labute approximate surface area is 187 Å². The SMILES string of the molecule is CC(c1cc(-c2ccc(=O)n(C(C)C)c2)ccc1Cl)C(NC(=O)OC(C)(C)C)C(=O)O. The van der Waals surface area contributed by atoms with Crippen LogP contribution >= 0.6 is 11.6 Å². The first-order valence-electron chi connectivity index (χ1n) is 10.0. The van der Waals surface area contributed by atoms with Crippen LogP contribution in [0.5, 0.6) is 0 Å². The molecule has 0 aliphatic heterocycles. The van der Waals surface area contributed by atoms with Gasteiger partial charge in [-0.25, -0.2) is 9.59 Å². The first kappa shape index (κ1) is 24.5. The Kier molecular flexibility index (Phi) is 7.54. The number of ether oxygens (including phenoxy) is 1. The number of halogens is 1. The second kappa shape index (κ2) is 9.56. The van der Waals surface area contributed by atoms with Crippen LogP contribution < -0.4 is 10.9 Å². The number of carboxylic acid groups (broad SMARTS) is 1. The molecule has 168 valence electrons. The Hall–Kier alpha value is -2.80. The van der Waals surface area contributed by atoms with Gasteiger partial charge in [-0.3, -0.25) is 4.79 Å². The molecule has 2 aromatic rings. The molecular formula is C23H29ClN2O5. The van der Waals surface area contributed by atoms with Gasteiger partial charge in [0.25, 0.3) is 5.56 Å². The van der Waals surface area contributed by atoms with Gasteiger partial charge in [-0.05, 0) is 69.5 Å². The van der Waals surface area contributed by atoms with Crippen LogP contribution in [0.2, 0.25) is 5.02 Å². The average molecular weight is 449 g/mol. The summed E-state index contributed by atoms with van der Waals surface area (Å²) in [7, 11) is 0. The summed E-state index contributed by atoms with van der Waals surface area (Å²) in [5.74, 6) is -1.85. The van der Waals surface area contributed by atoms with Gasteiger partial charge in [0.1, 0.15) is 11.6 Å². The molecule has 0 saturated heterocycles. The predicted molar refractivity (Wildman–Crippen MR) is 121 cm³/mol. The zero-order valence-electron chi connectivity index (χ0n) is 18.6. The zero-order valence-corrected chi connectivity index (χ0v) is 19.4. The summed E-state index contributed by atoms with van der Waals surface area (Å²) in [5.41, 5.74) is 1.28. The molecule has 0 spiro atoms. The maximum absolute atomic E-state index is 12.2. The Morgan fingerprint density at radius 3 is 2.26 bits per heavy atom. The predicted octanol–water partition coefficient (Wildman–Crippen LogP) is 4.83. The fourth-order valence-corrected chi connectivity index (χ4v) is 3.45. The number of aliphatic carboxylic acids is 1. The summed E-state index contributed by atoms with van der Waals surface area (Å²) >= 11 is 6.39. The number of hydrogen-bond donors (Lipinski definition) is 2. The van der Waals surface area contributed by atoms with E-state index in [-0.39, 0.29) is 11.6 Å². The molecule has 0 saturated carbocycles. The Morgan fingerprint density at radius 2 is 1.71 bits per heavy atom. The number of alkyl carbamates (subject to hydrolysis) is 1. The van der Waals surface area contributed by atoms with Crippen LogP contribution in [0.25, 0.3) is 11.1 Å². The number of nitrogens with one attached hydrogen (secondary N) is 1. The number of carbonyl (C=O) groups is 2. The molecule has 0 aliphatic rings. The molecule has 2 atom stereocenters. The number of carbonyl (C=O) groups excluding carboxylic acids is 1. The lowest BCUT2D eigenvalue weighted by Crippen LogP contribution is -2.46. The van der Waals surface area contributed by atoms with Gasteiger partial charge in [-0.1, -0.05) is 24.6 Å². The maximum Gasteiger partial charge on any atom is 0.408 e. The minimum absolute atomic E-state index is 0.00689. The highest BCUT2D eigenvalue weighted by molar-refractivity contribution is 6.31. The molecule has 2 unspecified atom stereocenters. The van der Waals surface area contributed by atoms with Crippen molar-refractivity contribution in [2.75, 3.05) is 0 Å². The van der Waals surface area contributed by atoms with Gasteiger partial charge in [0.05, 0.1) is 0 Å². The molecule has 1 aromatic heterocycles. The van der Waals surface area contributed by atoms with Crippen molar-refractivity contribution in [2.24, 2.45) is 0 Å². The van der Waals surface area contributed by atoms with Gasteiger partial charge in [0.2, 0.25) is 0 Å². The molecule has 2 rings (SSSR count). The third-order valence-electron chi connectivity index (χ3n) is 4.75. The minimum atomic E-state index is -1.24. The largest absolute Gasteiger partial charge is 0.480 e. The highest BCUT2D eigenvalue weighted by atomic mass is 35.5. The number of nitrogens with zero attached hydrogens (tertiary/aromatic N) is 1. The number of rotatable bonds is 6. The lowest BCUT2D eigenvalue weighted by Gasteiger charge is -2.26. The standard InChI is InChI=1S/C23H29ClN2O5/c1-13(2)26-12-16(8-10-19(26)27)15-7-9-18(24)17(11-15)14(3)20(21(28)29)25-22(30)31-23(4,5)6/h7-14,20H,1-6H3,(H,25,30)(H,28,29). The molecule has 0 fully saturated rings. The van der Waals surface area contributed by atoms with Crippen LogP contribution in [-0.2, 0) is 9.53 Å². The lowest BCUT2D eigenvalue weighted by molar-refractivity contribution is -0.140. The summed E-state index contributed by atoms with van der Waals surface area (Å²) in [5, 5.41) is 12.5. The molecular weight excluding hydrogens is 420 g/mol. The molecule has 7 nitrogen and oxygen atoms in total. The summed E-state index contributed by atoms with van der Waals surface area (Å²) in [6.45, 7) is 10.6. The molecule has 31 heavy (non-hydrogen) atoms. The van der Waals surface area contributed by atoms with Crippen molar-refractivity contribution in [3.05, 3.63) is 57.5 Å². The quantitative estimate of drug-likeness (QED) is 0.659. The van der Waals surface area contributed by atoms with Crippen molar-refractivity contribution in [1.29, 1.82) is 0 Å². The molecule has 8 heteroatoms. The first-order valence-corrected chi connectivity index (χ1v) is 10.4. The van der Waals surface area contributed by atoms with E-state index in [0.717, 1.165) is 11.1 Å². The summed E-state index contributed by atoms with van der Waals surface area (Å²) in [6.07, 6.45) is 0.946. The number of benzene rings is 1. The van der Waals surface area contributed by atoms with Crippen molar-refractivity contribution >= 4 is 23.7 Å². The van der Waals surface area contributed by atoms with Crippen molar-refractivity contribution in [3.63, 3.8) is 0 Å². The van der Waals surface area contributed by atoms with Crippen molar-refractivity contribution in [1.82, 2.24) is 9.88 Å². The van der Waals surface area contributed by atoms with Crippen LogP contribution in [0.3, 0.4) is 0 Å². The second-order valence-electron chi connectivity index (χ2n) is 8.74. The van der Waals surface area contributed by atoms with E-state index in [1.807, 2.05) is 13.8 Å². The van der Waals surface area contributed by atoms with Crippen LogP contribution in [0.1, 0.15) is 59.1 Å². The number of amides is 1. The van der Waals surface area contributed by atoms with E-state index in [4.69, 9.17) is 16.3 Å². The third-order valence-corrected chi connectivity index (χ3v) is 5.10. The summed E-state index contributed by atoms with van der Waals surface area (Å²) < 4.78 is 6.82. The van der Waals surface area contributed by atoms with Crippen LogP contribution in [0, 0.1) is 0 Å². The fourth-order valence-electron chi connectivity index (χ4n) is 3.16. The second-order valence-corrected chi connectivity index (χ2v) is 9.15. The van der Waals surface area contributed by atoms with Crippen LogP contribution in [0.4, 0.5) is 4.79 Å². The van der Waals surface area contributed by atoms with Crippen molar-refractivity contribution < 1.29 is 19.4 Å².